The Morgan fingerprint density at radius 3 is 2.35 bits per heavy atom. The summed E-state index contributed by atoms with van der Waals surface area (Å²) >= 11 is 0. The van der Waals surface area contributed by atoms with Crippen LogP contribution in [0.15, 0.2) is 65.6 Å². The van der Waals surface area contributed by atoms with Crippen LogP contribution in [0.1, 0.15) is 27.0 Å². The van der Waals surface area contributed by atoms with Crippen molar-refractivity contribution in [2.75, 3.05) is 12.8 Å². The lowest BCUT2D eigenvalue weighted by molar-refractivity contribution is 0.0933. The number of nitrogens with one attached hydrogen (secondary N) is 1. The molecule has 3 aromatic rings. The molecule has 5 nitrogen and oxygen atoms in total. The van der Waals surface area contributed by atoms with Gasteiger partial charge in [-0.05, 0) is 49.2 Å². The third kappa shape index (κ3) is 4.64. The molecule has 1 aliphatic heterocycles. The van der Waals surface area contributed by atoms with Gasteiger partial charge in [0.25, 0.3) is 5.91 Å². The first-order chi connectivity index (χ1) is 14.7. The van der Waals surface area contributed by atoms with E-state index in [-0.39, 0.29) is 16.9 Å². The van der Waals surface area contributed by atoms with Gasteiger partial charge in [-0.15, -0.1) is 0 Å². The first-order valence-electron chi connectivity index (χ1n) is 10.2. The first-order valence-corrected chi connectivity index (χ1v) is 12.1. The highest BCUT2D eigenvalue weighted by Crippen LogP contribution is 2.38. The maximum absolute atomic E-state index is 12.6. The number of hydrogen-bond donors (Lipinski definition) is 1. The molecule has 1 aliphatic rings. The number of carbonyl (C=O) groups excluding carboxylic acids is 1. The number of ether oxygens (including phenoxy) is 1. The molecule has 0 saturated heterocycles. The van der Waals surface area contributed by atoms with Crippen molar-refractivity contribution in [1.82, 2.24) is 5.32 Å². The maximum atomic E-state index is 12.6. The van der Waals surface area contributed by atoms with Crippen LogP contribution < -0.4 is 10.1 Å². The quantitative estimate of drug-likeness (QED) is 0.655. The molecule has 1 heterocycles. The summed E-state index contributed by atoms with van der Waals surface area (Å²) in [6, 6.07) is 18.6. The minimum atomic E-state index is -3.24. The molecule has 0 fully saturated rings. The van der Waals surface area contributed by atoms with E-state index in [2.05, 4.69) is 5.32 Å². The number of rotatable bonds is 5. The van der Waals surface area contributed by atoms with E-state index >= 15 is 0 Å². The van der Waals surface area contributed by atoms with Gasteiger partial charge >= 0.3 is 0 Å². The number of carbonyl (C=O) groups is 1. The number of fused-ring (bicyclic) bond motifs is 1. The van der Waals surface area contributed by atoms with Crippen LogP contribution in [-0.2, 0) is 16.3 Å². The van der Waals surface area contributed by atoms with Gasteiger partial charge in [-0.2, -0.15) is 0 Å². The molecule has 4 rings (SSSR count). The molecule has 0 bridgehead atoms. The minimum absolute atomic E-state index is 0.108. The number of amides is 1. The van der Waals surface area contributed by atoms with Crippen LogP contribution in [0.4, 0.5) is 0 Å². The monoisotopic (exact) mass is 435 g/mol. The molecule has 0 unspecified atom stereocenters. The number of sulfone groups is 1. The lowest BCUT2D eigenvalue weighted by atomic mass is 10.0. The van der Waals surface area contributed by atoms with Crippen molar-refractivity contribution in [3.8, 4) is 16.9 Å². The molecule has 0 spiro atoms. The summed E-state index contributed by atoms with van der Waals surface area (Å²) in [4.78, 5) is 12.9. The molecule has 1 N–H and O–H groups in total. The van der Waals surface area contributed by atoms with E-state index in [1.807, 2.05) is 50.2 Å². The van der Waals surface area contributed by atoms with Gasteiger partial charge < -0.3 is 10.1 Å². The number of benzene rings is 3. The Bertz CT molecular complexity index is 1230. The second-order valence-electron chi connectivity index (χ2n) is 8.12. The van der Waals surface area contributed by atoms with Crippen LogP contribution in [0.3, 0.4) is 0 Å². The summed E-state index contributed by atoms with van der Waals surface area (Å²) in [7, 11) is -3.24. The lowest BCUT2D eigenvalue weighted by Gasteiger charge is -2.14. The molecule has 160 valence electrons. The van der Waals surface area contributed by atoms with Gasteiger partial charge in [-0.3, -0.25) is 4.79 Å². The summed E-state index contributed by atoms with van der Waals surface area (Å²) in [5.74, 6) is 0.684. The SMILES string of the molecule is Cc1cc(C)cc(C(=O)NC[C@@H]2Cc3cccc(-c4ccc(S(C)(=O)=O)cc4)c3O2)c1. The molecule has 0 saturated carbocycles. The van der Waals surface area contributed by atoms with E-state index in [1.165, 1.54) is 6.26 Å². The van der Waals surface area contributed by atoms with E-state index in [1.54, 1.807) is 24.3 Å². The lowest BCUT2D eigenvalue weighted by Crippen LogP contribution is -2.34. The zero-order valence-corrected chi connectivity index (χ0v) is 18.6. The second kappa shape index (κ2) is 8.19. The molecule has 31 heavy (non-hydrogen) atoms. The summed E-state index contributed by atoms with van der Waals surface area (Å²) < 4.78 is 29.6. The third-order valence-electron chi connectivity index (χ3n) is 5.40. The van der Waals surface area contributed by atoms with Gasteiger partial charge in [0, 0.05) is 23.8 Å². The van der Waals surface area contributed by atoms with Crippen molar-refractivity contribution in [3.05, 3.63) is 82.9 Å². The largest absolute Gasteiger partial charge is 0.487 e. The Kier molecular flexibility index (Phi) is 5.58. The summed E-state index contributed by atoms with van der Waals surface area (Å²) in [6.07, 6.45) is 1.75. The highest BCUT2D eigenvalue weighted by Gasteiger charge is 2.26. The van der Waals surface area contributed by atoms with Crippen LogP contribution >= 0.6 is 0 Å². The van der Waals surface area contributed by atoms with Gasteiger partial charge in [-0.25, -0.2) is 8.42 Å². The van der Waals surface area contributed by atoms with E-state index in [9.17, 15) is 13.2 Å². The molecule has 1 atom stereocenters. The van der Waals surface area contributed by atoms with E-state index < -0.39 is 9.84 Å². The van der Waals surface area contributed by atoms with Gasteiger partial charge in [0.1, 0.15) is 11.9 Å². The Morgan fingerprint density at radius 2 is 1.71 bits per heavy atom. The highest BCUT2D eigenvalue weighted by molar-refractivity contribution is 7.90. The predicted octanol–water partition coefficient (Wildman–Crippen LogP) is 4.11. The smallest absolute Gasteiger partial charge is 0.251 e. The van der Waals surface area contributed by atoms with Crippen molar-refractivity contribution in [2.45, 2.75) is 31.3 Å². The normalized spacial score (nSPS) is 15.3. The van der Waals surface area contributed by atoms with Crippen molar-refractivity contribution >= 4 is 15.7 Å². The Morgan fingerprint density at radius 1 is 1.03 bits per heavy atom. The van der Waals surface area contributed by atoms with Crippen molar-refractivity contribution in [1.29, 1.82) is 0 Å². The fourth-order valence-corrected chi connectivity index (χ4v) is 4.61. The minimum Gasteiger partial charge on any atom is -0.487 e. The third-order valence-corrected chi connectivity index (χ3v) is 6.52. The van der Waals surface area contributed by atoms with Crippen LogP contribution in [0.2, 0.25) is 0 Å². The molecular weight excluding hydrogens is 410 g/mol. The number of para-hydroxylation sites is 1. The second-order valence-corrected chi connectivity index (χ2v) is 10.1. The van der Waals surface area contributed by atoms with Crippen LogP contribution in [-0.4, -0.2) is 33.2 Å². The van der Waals surface area contributed by atoms with E-state index in [0.717, 1.165) is 33.6 Å². The maximum Gasteiger partial charge on any atom is 0.251 e. The van der Waals surface area contributed by atoms with Gasteiger partial charge in [-0.1, -0.05) is 47.5 Å². The number of hydrogen-bond acceptors (Lipinski definition) is 4. The average molecular weight is 436 g/mol. The molecule has 0 aliphatic carbocycles. The van der Waals surface area contributed by atoms with E-state index in [0.29, 0.717) is 18.5 Å². The number of aryl methyl sites for hydroxylation is 2. The van der Waals surface area contributed by atoms with E-state index in [4.69, 9.17) is 4.74 Å². The van der Waals surface area contributed by atoms with Gasteiger partial charge in [0.2, 0.25) is 0 Å². The molecule has 1 amide bonds. The van der Waals surface area contributed by atoms with Gasteiger partial charge in [0.05, 0.1) is 11.4 Å². The van der Waals surface area contributed by atoms with Crippen LogP contribution in [0.25, 0.3) is 11.1 Å². The predicted molar refractivity (Wildman–Crippen MR) is 121 cm³/mol. The van der Waals surface area contributed by atoms with Crippen molar-refractivity contribution in [2.24, 2.45) is 0 Å². The summed E-state index contributed by atoms with van der Waals surface area (Å²) in [5.41, 5.74) is 5.65. The summed E-state index contributed by atoms with van der Waals surface area (Å²) in [6.45, 7) is 4.36. The highest BCUT2D eigenvalue weighted by atomic mass is 32.2. The standard InChI is InChI=1S/C25H25NO4S/c1-16-11-17(2)13-20(12-16)25(27)26-15-21-14-19-5-4-6-23(24(19)30-21)18-7-9-22(10-8-18)31(3,28)29/h4-13,21H,14-15H2,1-3H3,(H,26,27)/t21-/m0/s1. The fraction of sp³-hybridized carbons (Fsp3) is 0.240. The molecule has 6 heteroatoms. The molecule has 0 radical (unpaired) electrons. The fourth-order valence-electron chi connectivity index (χ4n) is 3.98. The van der Waals surface area contributed by atoms with Gasteiger partial charge in [0.15, 0.2) is 9.84 Å². The molecular formula is C25H25NO4S. The topological polar surface area (TPSA) is 72.5 Å². The van der Waals surface area contributed by atoms with Crippen molar-refractivity contribution in [3.63, 3.8) is 0 Å². The zero-order valence-electron chi connectivity index (χ0n) is 17.8. The molecule has 3 aromatic carbocycles. The Hall–Kier alpha value is -3.12. The van der Waals surface area contributed by atoms with Crippen molar-refractivity contribution < 1.29 is 17.9 Å². The average Bonchev–Trinajstić information content (AvgIpc) is 3.14. The van der Waals surface area contributed by atoms with Crippen LogP contribution in [0.5, 0.6) is 5.75 Å². The van der Waals surface area contributed by atoms with Crippen LogP contribution in [0, 0.1) is 13.8 Å². The summed E-state index contributed by atoms with van der Waals surface area (Å²) in [5, 5.41) is 2.98. The zero-order chi connectivity index (χ0) is 22.2. The first kappa shape index (κ1) is 21.1. The Labute approximate surface area is 183 Å². The Balaban J connectivity index is 1.48. The molecule has 0 aromatic heterocycles.